The van der Waals surface area contributed by atoms with Crippen molar-refractivity contribution in [3.05, 3.63) is 0 Å². The smallest absolute Gasteiger partial charge is 0.0478 e. The van der Waals surface area contributed by atoms with Crippen LogP contribution in [0, 0.1) is 0 Å². The lowest BCUT2D eigenvalue weighted by atomic mass is 9.97. The monoisotopic (exact) mass is 227 g/mol. The molecule has 0 heterocycles. The summed E-state index contributed by atoms with van der Waals surface area (Å²) in [7, 11) is 0. The maximum Gasteiger partial charge on any atom is 0.0478 e. The molecule has 0 unspecified atom stereocenters. The van der Waals surface area contributed by atoms with E-state index in [2.05, 4.69) is 12.2 Å². The lowest BCUT2D eigenvalue weighted by Crippen LogP contribution is -2.31. The van der Waals surface area contributed by atoms with Crippen LogP contribution in [0.1, 0.15) is 64.7 Å². The number of hydrogen-bond acceptors (Lipinski definition) is 2. The molecule has 0 aliphatic heterocycles. The highest BCUT2D eigenvalue weighted by molar-refractivity contribution is 4.69. The largest absolute Gasteiger partial charge is 0.381 e. The van der Waals surface area contributed by atoms with Crippen LogP contribution in [-0.2, 0) is 4.74 Å². The van der Waals surface area contributed by atoms with E-state index in [0.717, 1.165) is 38.6 Å². The van der Waals surface area contributed by atoms with Crippen LogP contribution in [0.5, 0.6) is 0 Å². The van der Waals surface area contributed by atoms with Gasteiger partial charge in [-0.25, -0.2) is 0 Å². The van der Waals surface area contributed by atoms with E-state index < -0.39 is 0 Å². The molecule has 1 rings (SSSR count). The molecule has 0 spiro atoms. The lowest BCUT2D eigenvalue weighted by molar-refractivity contribution is 0.131. The minimum Gasteiger partial charge on any atom is -0.381 e. The van der Waals surface area contributed by atoms with Crippen LogP contribution < -0.4 is 5.32 Å². The Morgan fingerprint density at radius 2 is 1.69 bits per heavy atom. The second-order valence-electron chi connectivity index (χ2n) is 4.96. The first-order valence-electron chi connectivity index (χ1n) is 7.24. The van der Waals surface area contributed by atoms with Crippen LogP contribution in [-0.4, -0.2) is 25.8 Å². The number of hydrogen-bond donors (Lipinski definition) is 1. The van der Waals surface area contributed by atoms with Gasteiger partial charge in [-0.05, 0) is 32.2 Å². The standard InChI is InChI=1S/C14H29NO/c1-2-12-16-13-8-11-15-14-9-6-4-3-5-7-10-14/h14-15H,2-13H2,1H3. The van der Waals surface area contributed by atoms with Gasteiger partial charge in [-0.2, -0.15) is 0 Å². The summed E-state index contributed by atoms with van der Waals surface area (Å²) < 4.78 is 5.48. The third-order valence-electron chi connectivity index (χ3n) is 3.35. The molecule has 16 heavy (non-hydrogen) atoms. The quantitative estimate of drug-likeness (QED) is 0.672. The summed E-state index contributed by atoms with van der Waals surface area (Å²) in [5, 5.41) is 3.69. The average molecular weight is 227 g/mol. The molecule has 0 aromatic rings. The second-order valence-corrected chi connectivity index (χ2v) is 4.96. The first kappa shape index (κ1) is 14.0. The Labute approximate surface area is 101 Å². The van der Waals surface area contributed by atoms with Crippen molar-refractivity contribution in [3.8, 4) is 0 Å². The SMILES string of the molecule is CCCOCCCNC1CCCCCCC1. The van der Waals surface area contributed by atoms with Crippen molar-refractivity contribution in [1.82, 2.24) is 5.32 Å². The van der Waals surface area contributed by atoms with E-state index in [1.807, 2.05) is 0 Å². The molecule has 0 aromatic heterocycles. The molecule has 1 saturated carbocycles. The van der Waals surface area contributed by atoms with Crippen LogP contribution in [0.2, 0.25) is 0 Å². The summed E-state index contributed by atoms with van der Waals surface area (Å²) in [5.41, 5.74) is 0. The summed E-state index contributed by atoms with van der Waals surface area (Å²) in [4.78, 5) is 0. The predicted octanol–water partition coefficient (Wildman–Crippen LogP) is 3.51. The van der Waals surface area contributed by atoms with Crippen molar-refractivity contribution in [2.75, 3.05) is 19.8 Å². The van der Waals surface area contributed by atoms with Gasteiger partial charge in [-0.1, -0.05) is 39.0 Å². The Bertz CT molecular complexity index is 142. The van der Waals surface area contributed by atoms with E-state index in [1.165, 1.54) is 44.9 Å². The van der Waals surface area contributed by atoms with Crippen LogP contribution in [0.3, 0.4) is 0 Å². The van der Waals surface area contributed by atoms with Gasteiger partial charge in [-0.3, -0.25) is 0 Å². The van der Waals surface area contributed by atoms with E-state index in [1.54, 1.807) is 0 Å². The van der Waals surface area contributed by atoms with E-state index in [9.17, 15) is 0 Å². The van der Waals surface area contributed by atoms with Gasteiger partial charge in [0.05, 0.1) is 0 Å². The number of nitrogens with one attached hydrogen (secondary N) is 1. The molecule has 1 aliphatic rings. The molecule has 0 radical (unpaired) electrons. The van der Waals surface area contributed by atoms with Crippen LogP contribution in [0.4, 0.5) is 0 Å². The van der Waals surface area contributed by atoms with Gasteiger partial charge in [0.15, 0.2) is 0 Å². The molecule has 0 bridgehead atoms. The zero-order chi connectivity index (χ0) is 11.5. The van der Waals surface area contributed by atoms with Gasteiger partial charge >= 0.3 is 0 Å². The number of ether oxygens (including phenoxy) is 1. The fourth-order valence-electron chi connectivity index (χ4n) is 2.39. The fraction of sp³-hybridized carbons (Fsp3) is 1.00. The maximum absolute atomic E-state index is 5.48. The predicted molar refractivity (Wildman–Crippen MR) is 69.8 cm³/mol. The molecule has 2 heteroatoms. The van der Waals surface area contributed by atoms with Crippen molar-refractivity contribution in [2.24, 2.45) is 0 Å². The van der Waals surface area contributed by atoms with Gasteiger partial charge in [0.2, 0.25) is 0 Å². The minimum atomic E-state index is 0.784. The summed E-state index contributed by atoms with van der Waals surface area (Å²) in [5.74, 6) is 0. The summed E-state index contributed by atoms with van der Waals surface area (Å²) in [6, 6.07) is 0.784. The molecule has 1 N–H and O–H groups in total. The van der Waals surface area contributed by atoms with Gasteiger partial charge in [0.1, 0.15) is 0 Å². The molecule has 1 fully saturated rings. The highest BCUT2D eigenvalue weighted by Crippen LogP contribution is 2.16. The molecular weight excluding hydrogens is 198 g/mol. The average Bonchev–Trinajstić information content (AvgIpc) is 2.25. The van der Waals surface area contributed by atoms with Gasteiger partial charge in [-0.15, -0.1) is 0 Å². The molecule has 1 aliphatic carbocycles. The Morgan fingerprint density at radius 1 is 1.00 bits per heavy atom. The minimum absolute atomic E-state index is 0.784. The van der Waals surface area contributed by atoms with Crippen molar-refractivity contribution in [1.29, 1.82) is 0 Å². The first-order chi connectivity index (χ1) is 7.93. The highest BCUT2D eigenvalue weighted by atomic mass is 16.5. The zero-order valence-electron chi connectivity index (χ0n) is 11.0. The third-order valence-corrected chi connectivity index (χ3v) is 3.35. The van der Waals surface area contributed by atoms with Crippen molar-refractivity contribution >= 4 is 0 Å². The van der Waals surface area contributed by atoms with E-state index in [0.29, 0.717) is 0 Å². The van der Waals surface area contributed by atoms with Crippen LogP contribution >= 0.6 is 0 Å². The van der Waals surface area contributed by atoms with Gasteiger partial charge in [0.25, 0.3) is 0 Å². The molecule has 96 valence electrons. The van der Waals surface area contributed by atoms with Crippen LogP contribution in [0.25, 0.3) is 0 Å². The highest BCUT2D eigenvalue weighted by Gasteiger charge is 2.09. The fourth-order valence-corrected chi connectivity index (χ4v) is 2.39. The van der Waals surface area contributed by atoms with E-state index in [-0.39, 0.29) is 0 Å². The molecule has 0 saturated heterocycles. The lowest BCUT2D eigenvalue weighted by Gasteiger charge is -2.21. The van der Waals surface area contributed by atoms with Gasteiger partial charge < -0.3 is 10.1 Å². The Morgan fingerprint density at radius 3 is 2.38 bits per heavy atom. The zero-order valence-corrected chi connectivity index (χ0v) is 11.0. The van der Waals surface area contributed by atoms with Crippen molar-refractivity contribution < 1.29 is 4.74 Å². The van der Waals surface area contributed by atoms with E-state index >= 15 is 0 Å². The third kappa shape index (κ3) is 7.24. The molecular formula is C14H29NO. The molecule has 2 nitrogen and oxygen atoms in total. The summed E-state index contributed by atoms with van der Waals surface area (Å²) in [6.45, 7) is 5.14. The number of rotatable bonds is 7. The summed E-state index contributed by atoms with van der Waals surface area (Å²) in [6.07, 6.45) is 12.2. The Balaban J connectivity index is 1.93. The van der Waals surface area contributed by atoms with Crippen LogP contribution in [0.15, 0.2) is 0 Å². The topological polar surface area (TPSA) is 21.3 Å². The maximum atomic E-state index is 5.48. The Hall–Kier alpha value is -0.0800. The Kier molecular flexibility index (Phi) is 8.83. The summed E-state index contributed by atoms with van der Waals surface area (Å²) >= 11 is 0. The molecule has 0 amide bonds. The van der Waals surface area contributed by atoms with Crippen molar-refractivity contribution in [2.45, 2.75) is 70.8 Å². The normalized spacial score (nSPS) is 19.3. The van der Waals surface area contributed by atoms with Gasteiger partial charge in [0, 0.05) is 19.3 Å². The molecule has 0 aromatic carbocycles. The second kappa shape index (κ2) is 10.1. The molecule has 0 atom stereocenters. The van der Waals surface area contributed by atoms with Crippen molar-refractivity contribution in [3.63, 3.8) is 0 Å². The van der Waals surface area contributed by atoms with E-state index in [4.69, 9.17) is 4.74 Å². The first-order valence-corrected chi connectivity index (χ1v) is 7.24.